The van der Waals surface area contributed by atoms with Gasteiger partial charge in [-0.2, -0.15) is 0 Å². The van der Waals surface area contributed by atoms with E-state index in [1.807, 2.05) is 24.3 Å². The summed E-state index contributed by atoms with van der Waals surface area (Å²) in [5.41, 5.74) is 0.985. The molecule has 0 saturated carbocycles. The van der Waals surface area contributed by atoms with Crippen molar-refractivity contribution in [3.63, 3.8) is 0 Å². The Kier molecular flexibility index (Phi) is 5.49. The summed E-state index contributed by atoms with van der Waals surface area (Å²) in [5, 5.41) is 9.70. The van der Waals surface area contributed by atoms with Gasteiger partial charge in [0, 0.05) is 10.9 Å². The first-order valence-corrected chi connectivity index (χ1v) is 6.00. The van der Waals surface area contributed by atoms with Gasteiger partial charge < -0.3 is 9.84 Å². The van der Waals surface area contributed by atoms with Crippen LogP contribution < -0.4 is 0 Å². The van der Waals surface area contributed by atoms with E-state index in [0.29, 0.717) is 13.0 Å². The predicted molar refractivity (Wildman–Crippen MR) is 65.1 cm³/mol. The monoisotopic (exact) mass is 286 g/mol. The maximum Gasteiger partial charge on any atom is 0.308 e. The van der Waals surface area contributed by atoms with Crippen LogP contribution in [-0.2, 0) is 16.0 Å². The number of hydrogen-bond acceptors (Lipinski definition) is 3. The molecule has 0 spiro atoms. The normalized spacial score (nSPS) is 12.2. The van der Waals surface area contributed by atoms with Crippen molar-refractivity contribution in [1.29, 1.82) is 0 Å². The van der Waals surface area contributed by atoms with Crippen molar-refractivity contribution in [1.82, 2.24) is 0 Å². The summed E-state index contributed by atoms with van der Waals surface area (Å²) in [7, 11) is 0. The summed E-state index contributed by atoms with van der Waals surface area (Å²) in [5.74, 6) is -0.359. The van der Waals surface area contributed by atoms with Gasteiger partial charge in [0.1, 0.15) is 0 Å². The number of ether oxygens (including phenoxy) is 1. The molecule has 0 aliphatic heterocycles. The summed E-state index contributed by atoms with van der Waals surface area (Å²) in [4.78, 5) is 11.1. The summed E-state index contributed by atoms with van der Waals surface area (Å²) >= 11 is 3.39. The van der Waals surface area contributed by atoms with Crippen LogP contribution in [0.5, 0.6) is 0 Å². The average molecular weight is 287 g/mol. The molecule has 1 aromatic carbocycles. The van der Waals surface area contributed by atoms with Crippen LogP contribution in [0.2, 0.25) is 0 Å². The second-order valence-electron chi connectivity index (χ2n) is 3.46. The number of hydrogen-bond donors (Lipinski definition) is 1. The number of esters is 1. The molecule has 1 atom stereocenters. The Hall–Kier alpha value is -0.870. The number of rotatable bonds is 5. The molecule has 0 unspecified atom stereocenters. The summed E-state index contributed by atoms with van der Waals surface area (Å²) in [6.45, 7) is 2.10. The van der Waals surface area contributed by atoms with Crippen molar-refractivity contribution in [3.8, 4) is 0 Å². The second-order valence-corrected chi connectivity index (χ2v) is 4.31. The number of carbonyl (C=O) groups is 1. The second kappa shape index (κ2) is 6.66. The van der Waals surface area contributed by atoms with Crippen LogP contribution in [0.4, 0.5) is 0 Å². The van der Waals surface area contributed by atoms with E-state index in [2.05, 4.69) is 15.9 Å². The Bertz CT molecular complexity index is 352. The number of aliphatic hydroxyl groups excluding tert-OH is 1. The highest BCUT2D eigenvalue weighted by molar-refractivity contribution is 9.10. The molecule has 0 fully saturated rings. The Labute approximate surface area is 104 Å². The average Bonchev–Trinajstić information content (AvgIpc) is 2.21. The van der Waals surface area contributed by atoms with Crippen LogP contribution in [0.25, 0.3) is 0 Å². The van der Waals surface area contributed by atoms with E-state index in [1.165, 1.54) is 0 Å². The van der Waals surface area contributed by atoms with Crippen molar-refractivity contribution in [2.75, 3.05) is 6.61 Å². The number of benzene rings is 1. The molecule has 0 bridgehead atoms. The fourth-order valence-electron chi connectivity index (χ4n) is 1.40. The molecular weight excluding hydrogens is 272 g/mol. The fraction of sp³-hybridized carbons (Fsp3) is 0.417. The zero-order valence-electron chi connectivity index (χ0n) is 9.15. The summed E-state index contributed by atoms with van der Waals surface area (Å²) < 4.78 is 5.71. The highest BCUT2D eigenvalue weighted by Crippen LogP contribution is 2.18. The lowest BCUT2D eigenvalue weighted by Crippen LogP contribution is -2.18. The van der Waals surface area contributed by atoms with Crippen LogP contribution in [0.1, 0.15) is 18.9 Å². The van der Waals surface area contributed by atoms with Gasteiger partial charge in [-0.15, -0.1) is 0 Å². The van der Waals surface area contributed by atoms with Gasteiger partial charge in [0.15, 0.2) is 0 Å². The Morgan fingerprint density at radius 2 is 2.19 bits per heavy atom. The third-order valence-electron chi connectivity index (χ3n) is 2.12. The molecule has 0 aliphatic carbocycles. The molecular formula is C12H15BrO3. The minimum Gasteiger partial charge on any atom is -0.466 e. The fourth-order valence-corrected chi connectivity index (χ4v) is 1.85. The lowest BCUT2D eigenvalue weighted by Gasteiger charge is -2.10. The quantitative estimate of drug-likeness (QED) is 0.845. The van der Waals surface area contributed by atoms with Gasteiger partial charge in [0.05, 0.1) is 19.1 Å². The number of carbonyl (C=O) groups excluding carboxylic acids is 1. The van der Waals surface area contributed by atoms with E-state index in [-0.39, 0.29) is 12.4 Å². The molecule has 16 heavy (non-hydrogen) atoms. The summed E-state index contributed by atoms with van der Waals surface area (Å²) in [6.07, 6.45) is -0.215. The van der Waals surface area contributed by atoms with Gasteiger partial charge in [-0.3, -0.25) is 4.79 Å². The van der Waals surface area contributed by atoms with Crippen molar-refractivity contribution >= 4 is 21.9 Å². The highest BCUT2D eigenvalue weighted by atomic mass is 79.9. The van der Waals surface area contributed by atoms with E-state index in [0.717, 1.165) is 10.0 Å². The highest BCUT2D eigenvalue weighted by Gasteiger charge is 2.13. The topological polar surface area (TPSA) is 46.5 Å². The van der Waals surface area contributed by atoms with Gasteiger partial charge in [-0.25, -0.2) is 0 Å². The van der Waals surface area contributed by atoms with Gasteiger partial charge in [0.2, 0.25) is 0 Å². The smallest absolute Gasteiger partial charge is 0.308 e. The van der Waals surface area contributed by atoms with Crippen LogP contribution in [0, 0.1) is 0 Å². The molecule has 3 nitrogen and oxygen atoms in total. The molecule has 0 aromatic heterocycles. The number of halogens is 1. The van der Waals surface area contributed by atoms with E-state index >= 15 is 0 Å². The first kappa shape index (κ1) is 13.2. The number of aliphatic hydroxyl groups is 1. The standard InChI is InChI=1S/C12H15BrO3/c1-2-16-12(15)8-10(14)7-9-5-3-4-6-11(9)13/h3-6,10,14H,2,7-8H2,1H3/t10-/m1/s1. The van der Waals surface area contributed by atoms with Crippen molar-refractivity contribution in [2.24, 2.45) is 0 Å². The molecule has 1 aromatic rings. The Morgan fingerprint density at radius 1 is 1.50 bits per heavy atom. The third kappa shape index (κ3) is 4.33. The van der Waals surface area contributed by atoms with Crippen LogP contribution in [0.15, 0.2) is 28.7 Å². The SMILES string of the molecule is CCOC(=O)C[C@H](O)Cc1ccccc1Br. The molecule has 4 heteroatoms. The first-order valence-electron chi connectivity index (χ1n) is 5.20. The van der Waals surface area contributed by atoms with E-state index in [1.54, 1.807) is 6.92 Å². The van der Waals surface area contributed by atoms with Gasteiger partial charge in [-0.1, -0.05) is 34.1 Å². The maximum absolute atomic E-state index is 11.1. The Balaban J connectivity index is 2.48. The van der Waals surface area contributed by atoms with Gasteiger partial charge in [0.25, 0.3) is 0 Å². The lowest BCUT2D eigenvalue weighted by molar-refractivity contribution is -0.145. The van der Waals surface area contributed by atoms with Crippen LogP contribution in [-0.4, -0.2) is 23.8 Å². The predicted octanol–water partition coefficient (Wildman–Crippen LogP) is 2.31. The van der Waals surface area contributed by atoms with Gasteiger partial charge >= 0.3 is 5.97 Å². The third-order valence-corrected chi connectivity index (χ3v) is 2.89. The van der Waals surface area contributed by atoms with E-state index < -0.39 is 6.10 Å². The largest absolute Gasteiger partial charge is 0.466 e. The first-order chi connectivity index (χ1) is 7.63. The Morgan fingerprint density at radius 3 is 2.81 bits per heavy atom. The van der Waals surface area contributed by atoms with E-state index in [9.17, 15) is 9.90 Å². The molecule has 0 heterocycles. The zero-order valence-corrected chi connectivity index (χ0v) is 10.7. The minimum atomic E-state index is -0.697. The van der Waals surface area contributed by atoms with Crippen LogP contribution in [0.3, 0.4) is 0 Å². The minimum absolute atomic E-state index is 0.0369. The molecule has 0 amide bonds. The molecule has 1 rings (SSSR count). The van der Waals surface area contributed by atoms with Crippen LogP contribution >= 0.6 is 15.9 Å². The van der Waals surface area contributed by atoms with Gasteiger partial charge in [-0.05, 0) is 18.6 Å². The van der Waals surface area contributed by atoms with E-state index in [4.69, 9.17) is 4.74 Å². The molecule has 0 saturated heterocycles. The molecule has 88 valence electrons. The molecule has 0 aliphatic rings. The van der Waals surface area contributed by atoms with Crippen molar-refractivity contribution in [3.05, 3.63) is 34.3 Å². The lowest BCUT2D eigenvalue weighted by atomic mass is 10.1. The zero-order chi connectivity index (χ0) is 12.0. The molecule has 0 radical (unpaired) electrons. The maximum atomic E-state index is 11.1. The summed E-state index contributed by atoms with van der Waals surface area (Å²) in [6, 6.07) is 7.63. The van der Waals surface area contributed by atoms with Crippen molar-refractivity contribution in [2.45, 2.75) is 25.9 Å². The van der Waals surface area contributed by atoms with Crippen molar-refractivity contribution < 1.29 is 14.6 Å². The molecule has 1 N–H and O–H groups in total.